The minimum absolute atomic E-state index is 0.0787. The van der Waals surface area contributed by atoms with Gasteiger partial charge in [0.05, 0.1) is 5.69 Å². The summed E-state index contributed by atoms with van der Waals surface area (Å²) in [4.78, 5) is 0. The summed E-state index contributed by atoms with van der Waals surface area (Å²) in [5.41, 5.74) is 2.47. The molecule has 0 saturated heterocycles. The number of hydrogen-bond donors (Lipinski definition) is 2. The molecule has 0 radical (unpaired) electrons. The molecule has 0 unspecified atom stereocenters. The fourth-order valence-electron chi connectivity index (χ4n) is 2.05. The van der Waals surface area contributed by atoms with Crippen LogP contribution in [-0.2, 0) is 6.54 Å². The van der Waals surface area contributed by atoms with Gasteiger partial charge >= 0.3 is 0 Å². The van der Waals surface area contributed by atoms with Crippen LogP contribution in [0.25, 0.3) is 5.69 Å². The van der Waals surface area contributed by atoms with Crippen LogP contribution in [0, 0.1) is 5.82 Å². The number of phenolic OH excluding ortho intramolecular Hbond substituents is 1. The van der Waals surface area contributed by atoms with E-state index < -0.39 is 5.82 Å². The van der Waals surface area contributed by atoms with Crippen LogP contribution in [0.5, 0.6) is 5.75 Å². The van der Waals surface area contributed by atoms with E-state index in [0.717, 1.165) is 17.4 Å². The third kappa shape index (κ3) is 3.17. The Morgan fingerprint density at radius 1 is 1.10 bits per heavy atom. The molecule has 0 aliphatic rings. The van der Waals surface area contributed by atoms with E-state index in [-0.39, 0.29) is 5.75 Å². The van der Waals surface area contributed by atoms with Crippen molar-refractivity contribution in [1.29, 1.82) is 0 Å². The van der Waals surface area contributed by atoms with Crippen molar-refractivity contribution in [2.45, 2.75) is 6.54 Å². The van der Waals surface area contributed by atoms with E-state index in [2.05, 4.69) is 15.5 Å². The van der Waals surface area contributed by atoms with Crippen LogP contribution in [0.2, 0.25) is 0 Å². The van der Waals surface area contributed by atoms with Gasteiger partial charge in [-0.15, -0.1) is 10.2 Å². The second-order valence-electron chi connectivity index (χ2n) is 4.59. The molecule has 106 valence electrons. The normalized spacial score (nSPS) is 10.5. The first-order chi connectivity index (χ1) is 10.2. The summed E-state index contributed by atoms with van der Waals surface area (Å²) < 4.78 is 15.0. The number of aromatic hydroxyl groups is 1. The highest BCUT2D eigenvalue weighted by molar-refractivity contribution is 5.51. The van der Waals surface area contributed by atoms with E-state index in [9.17, 15) is 9.50 Å². The van der Waals surface area contributed by atoms with Crippen molar-refractivity contribution >= 4 is 5.69 Å². The smallest absolute Gasteiger partial charge is 0.127 e. The van der Waals surface area contributed by atoms with E-state index in [1.54, 1.807) is 17.2 Å². The summed E-state index contributed by atoms with van der Waals surface area (Å²) in [7, 11) is 0. The largest absolute Gasteiger partial charge is 0.508 e. The molecule has 2 N–H and O–H groups in total. The van der Waals surface area contributed by atoms with Gasteiger partial charge in [-0.25, -0.2) is 4.39 Å². The van der Waals surface area contributed by atoms with Crippen LogP contribution in [0.15, 0.2) is 55.1 Å². The van der Waals surface area contributed by atoms with Crippen LogP contribution in [0.1, 0.15) is 5.56 Å². The Morgan fingerprint density at radius 3 is 2.67 bits per heavy atom. The highest BCUT2D eigenvalue weighted by Crippen LogP contribution is 2.18. The number of rotatable bonds is 4. The van der Waals surface area contributed by atoms with Gasteiger partial charge in [-0.1, -0.05) is 6.07 Å². The Morgan fingerprint density at radius 2 is 1.90 bits per heavy atom. The summed E-state index contributed by atoms with van der Waals surface area (Å²) >= 11 is 0. The molecule has 0 saturated carbocycles. The van der Waals surface area contributed by atoms with Gasteiger partial charge in [0.25, 0.3) is 0 Å². The van der Waals surface area contributed by atoms with Gasteiger partial charge in [0.1, 0.15) is 24.2 Å². The molecule has 0 aliphatic heterocycles. The van der Waals surface area contributed by atoms with Crippen LogP contribution >= 0.6 is 0 Å². The molecule has 3 aromatic rings. The summed E-state index contributed by atoms with van der Waals surface area (Å²) in [6, 6.07) is 11.7. The van der Waals surface area contributed by atoms with Crippen LogP contribution in [0.3, 0.4) is 0 Å². The third-order valence-electron chi connectivity index (χ3n) is 3.00. The lowest BCUT2D eigenvalue weighted by atomic mass is 10.2. The van der Waals surface area contributed by atoms with Crippen LogP contribution < -0.4 is 5.32 Å². The highest BCUT2D eigenvalue weighted by Gasteiger charge is 2.01. The Hall–Kier alpha value is -2.89. The molecule has 1 heterocycles. The number of phenols is 1. The van der Waals surface area contributed by atoms with Gasteiger partial charge in [0.15, 0.2) is 0 Å². The van der Waals surface area contributed by atoms with Crippen molar-refractivity contribution in [3.63, 3.8) is 0 Å². The average molecular weight is 284 g/mol. The van der Waals surface area contributed by atoms with Gasteiger partial charge in [-0.2, -0.15) is 0 Å². The van der Waals surface area contributed by atoms with E-state index >= 15 is 0 Å². The van der Waals surface area contributed by atoms with Gasteiger partial charge in [-0.3, -0.25) is 4.57 Å². The fourth-order valence-corrected chi connectivity index (χ4v) is 2.05. The van der Waals surface area contributed by atoms with Gasteiger partial charge in [0, 0.05) is 18.3 Å². The number of nitrogens with zero attached hydrogens (tertiary/aromatic N) is 3. The third-order valence-corrected chi connectivity index (χ3v) is 3.00. The molecule has 21 heavy (non-hydrogen) atoms. The standard InChI is InChI=1S/C15H13FN4O/c16-12-4-11(5-15(21)6-12)8-17-13-2-1-3-14(7-13)20-9-18-19-10-20/h1-7,9-10,17,21H,8H2. The molecule has 0 fully saturated rings. The van der Waals surface area contributed by atoms with Crippen LogP contribution in [0.4, 0.5) is 10.1 Å². The Kier molecular flexibility index (Phi) is 3.51. The highest BCUT2D eigenvalue weighted by atomic mass is 19.1. The molecule has 0 aliphatic carbocycles. The molecular formula is C15H13FN4O. The Balaban J connectivity index is 1.75. The van der Waals surface area contributed by atoms with Crippen molar-refractivity contribution in [2.75, 3.05) is 5.32 Å². The molecule has 0 amide bonds. The molecule has 6 heteroatoms. The molecule has 0 spiro atoms. The number of nitrogens with one attached hydrogen (secondary N) is 1. The molecule has 0 atom stereocenters. The van der Waals surface area contributed by atoms with E-state index in [4.69, 9.17) is 0 Å². The van der Waals surface area contributed by atoms with Crippen molar-refractivity contribution in [2.24, 2.45) is 0 Å². The summed E-state index contributed by atoms with van der Waals surface area (Å²) in [5, 5.41) is 20.1. The second kappa shape index (κ2) is 5.62. The minimum Gasteiger partial charge on any atom is -0.508 e. The maximum atomic E-state index is 13.2. The molecule has 5 nitrogen and oxygen atoms in total. The monoisotopic (exact) mass is 284 g/mol. The van der Waals surface area contributed by atoms with E-state index in [1.165, 1.54) is 12.1 Å². The number of benzene rings is 2. The maximum absolute atomic E-state index is 13.2. The lowest BCUT2D eigenvalue weighted by molar-refractivity contribution is 0.468. The summed E-state index contributed by atoms with van der Waals surface area (Å²) in [5.74, 6) is -0.532. The molecule has 0 bridgehead atoms. The van der Waals surface area contributed by atoms with E-state index in [0.29, 0.717) is 12.1 Å². The Labute approximate surface area is 120 Å². The zero-order valence-electron chi connectivity index (χ0n) is 11.1. The first-order valence-corrected chi connectivity index (χ1v) is 6.38. The Bertz CT molecular complexity index is 723. The molecule has 3 rings (SSSR count). The van der Waals surface area contributed by atoms with E-state index in [1.807, 2.05) is 24.3 Å². The number of aromatic nitrogens is 3. The topological polar surface area (TPSA) is 63.0 Å². The second-order valence-corrected chi connectivity index (χ2v) is 4.59. The predicted molar refractivity (Wildman–Crippen MR) is 76.8 cm³/mol. The first kappa shape index (κ1) is 13.1. The number of hydrogen-bond acceptors (Lipinski definition) is 4. The molecule has 1 aromatic heterocycles. The summed E-state index contributed by atoms with van der Waals surface area (Å²) in [6.07, 6.45) is 3.23. The van der Waals surface area contributed by atoms with Crippen molar-refractivity contribution in [3.05, 3.63) is 66.5 Å². The lowest BCUT2D eigenvalue weighted by Gasteiger charge is -2.09. The zero-order chi connectivity index (χ0) is 14.7. The molecule has 2 aromatic carbocycles. The van der Waals surface area contributed by atoms with Crippen molar-refractivity contribution < 1.29 is 9.50 Å². The minimum atomic E-state index is -0.454. The maximum Gasteiger partial charge on any atom is 0.127 e. The lowest BCUT2D eigenvalue weighted by Crippen LogP contribution is -2.01. The zero-order valence-corrected chi connectivity index (χ0v) is 11.1. The quantitative estimate of drug-likeness (QED) is 0.773. The summed E-state index contributed by atoms with van der Waals surface area (Å²) in [6.45, 7) is 0.414. The number of anilines is 1. The van der Waals surface area contributed by atoms with Crippen molar-refractivity contribution in [1.82, 2.24) is 14.8 Å². The predicted octanol–water partition coefficient (Wildman–Crippen LogP) is 2.72. The van der Waals surface area contributed by atoms with Gasteiger partial charge in [-0.05, 0) is 35.9 Å². The van der Waals surface area contributed by atoms with Crippen LogP contribution in [-0.4, -0.2) is 19.9 Å². The molecular weight excluding hydrogens is 271 g/mol. The fraction of sp³-hybridized carbons (Fsp3) is 0.0667. The van der Waals surface area contributed by atoms with Gasteiger partial charge in [0.2, 0.25) is 0 Å². The van der Waals surface area contributed by atoms with Gasteiger partial charge < -0.3 is 10.4 Å². The average Bonchev–Trinajstić information content (AvgIpc) is 2.99. The van der Waals surface area contributed by atoms with Crippen molar-refractivity contribution in [3.8, 4) is 11.4 Å². The number of halogens is 1. The SMILES string of the molecule is Oc1cc(F)cc(CNc2cccc(-n3cnnc3)c2)c1. The first-order valence-electron chi connectivity index (χ1n) is 6.38.